The van der Waals surface area contributed by atoms with Crippen LogP contribution in [-0.4, -0.2) is 49.7 Å². The van der Waals surface area contributed by atoms with Gasteiger partial charge in [0, 0.05) is 32.3 Å². The highest BCUT2D eigenvalue weighted by Crippen LogP contribution is 2.30. The van der Waals surface area contributed by atoms with Crippen molar-refractivity contribution in [2.45, 2.75) is 45.1 Å². The molecule has 5 nitrogen and oxygen atoms in total. The molecule has 0 bridgehead atoms. The van der Waals surface area contributed by atoms with Crippen LogP contribution in [-0.2, 0) is 9.53 Å². The number of amides is 1. The van der Waals surface area contributed by atoms with Crippen LogP contribution in [0.3, 0.4) is 0 Å². The van der Waals surface area contributed by atoms with E-state index in [2.05, 4.69) is 23.2 Å². The Morgan fingerprint density at radius 2 is 2.05 bits per heavy atom. The molecule has 2 aliphatic heterocycles. The normalized spacial score (nSPS) is 24.0. The fourth-order valence-electron chi connectivity index (χ4n) is 3.05. The van der Waals surface area contributed by atoms with E-state index in [-0.39, 0.29) is 11.9 Å². The van der Waals surface area contributed by atoms with Crippen LogP contribution in [0.2, 0.25) is 0 Å². The number of carbonyl (C=O) groups is 1. The average molecular weight is 279 g/mol. The quantitative estimate of drug-likeness (QED) is 0.842. The molecule has 20 heavy (non-hydrogen) atoms. The molecule has 2 heterocycles. The van der Waals surface area contributed by atoms with E-state index in [4.69, 9.17) is 4.74 Å². The standard InChI is InChI=1S/C15H25N3O2/c1-2-7-18-8-3-13(4-9-18)17-14(19)15(12-16)5-10-20-11-6-15/h13H,2-11H2,1H3,(H,17,19). The maximum absolute atomic E-state index is 12.4. The lowest BCUT2D eigenvalue weighted by Crippen LogP contribution is -2.50. The Bertz CT molecular complexity index is 364. The van der Waals surface area contributed by atoms with E-state index < -0.39 is 5.41 Å². The summed E-state index contributed by atoms with van der Waals surface area (Å²) in [5, 5.41) is 12.5. The minimum atomic E-state index is -0.862. The summed E-state index contributed by atoms with van der Waals surface area (Å²) in [7, 11) is 0. The van der Waals surface area contributed by atoms with Crippen molar-refractivity contribution in [1.82, 2.24) is 10.2 Å². The predicted octanol–water partition coefficient (Wildman–Crippen LogP) is 1.30. The smallest absolute Gasteiger partial charge is 0.240 e. The van der Waals surface area contributed by atoms with Gasteiger partial charge in [0.25, 0.3) is 0 Å². The predicted molar refractivity (Wildman–Crippen MR) is 76.0 cm³/mol. The van der Waals surface area contributed by atoms with Gasteiger partial charge in [0.05, 0.1) is 6.07 Å². The summed E-state index contributed by atoms with van der Waals surface area (Å²) in [6.45, 7) is 6.44. The van der Waals surface area contributed by atoms with Gasteiger partial charge in [-0.25, -0.2) is 0 Å². The zero-order valence-electron chi connectivity index (χ0n) is 12.4. The van der Waals surface area contributed by atoms with Crippen molar-refractivity contribution in [3.8, 4) is 6.07 Å². The van der Waals surface area contributed by atoms with Crippen molar-refractivity contribution in [3.63, 3.8) is 0 Å². The SMILES string of the molecule is CCCN1CCC(NC(=O)C2(C#N)CCOCC2)CC1. The highest BCUT2D eigenvalue weighted by molar-refractivity contribution is 5.85. The number of piperidine rings is 1. The molecule has 0 aromatic carbocycles. The molecule has 2 saturated heterocycles. The van der Waals surface area contributed by atoms with Crippen LogP contribution in [0.5, 0.6) is 0 Å². The largest absolute Gasteiger partial charge is 0.381 e. The maximum atomic E-state index is 12.4. The third-order valence-electron chi connectivity index (χ3n) is 4.46. The number of ether oxygens (including phenoxy) is 1. The van der Waals surface area contributed by atoms with E-state index in [1.807, 2.05) is 0 Å². The second kappa shape index (κ2) is 7.05. The van der Waals surface area contributed by atoms with Crippen LogP contribution in [0.4, 0.5) is 0 Å². The van der Waals surface area contributed by atoms with Gasteiger partial charge in [-0.1, -0.05) is 6.92 Å². The average Bonchev–Trinajstić information content (AvgIpc) is 2.50. The Kier molecular flexibility index (Phi) is 5.38. The molecule has 0 aromatic heterocycles. The number of carbonyl (C=O) groups excluding carboxylic acids is 1. The Balaban J connectivity index is 1.84. The Morgan fingerprint density at radius 1 is 1.40 bits per heavy atom. The second-order valence-electron chi connectivity index (χ2n) is 5.90. The van der Waals surface area contributed by atoms with Crippen molar-refractivity contribution in [2.24, 2.45) is 5.41 Å². The van der Waals surface area contributed by atoms with Crippen LogP contribution in [0.1, 0.15) is 39.0 Å². The first-order chi connectivity index (χ1) is 9.70. The van der Waals surface area contributed by atoms with Crippen molar-refractivity contribution in [1.29, 1.82) is 5.26 Å². The molecule has 1 amide bonds. The third kappa shape index (κ3) is 3.50. The first kappa shape index (κ1) is 15.3. The molecule has 0 aromatic rings. The lowest BCUT2D eigenvalue weighted by atomic mass is 9.80. The van der Waals surface area contributed by atoms with Gasteiger partial charge < -0.3 is 15.0 Å². The molecule has 2 rings (SSSR count). The minimum absolute atomic E-state index is 0.0859. The zero-order valence-corrected chi connectivity index (χ0v) is 12.4. The topological polar surface area (TPSA) is 65.4 Å². The van der Waals surface area contributed by atoms with Crippen LogP contribution >= 0.6 is 0 Å². The fourth-order valence-corrected chi connectivity index (χ4v) is 3.05. The van der Waals surface area contributed by atoms with Crippen molar-refractivity contribution < 1.29 is 9.53 Å². The van der Waals surface area contributed by atoms with E-state index in [1.54, 1.807) is 0 Å². The third-order valence-corrected chi connectivity index (χ3v) is 4.46. The van der Waals surface area contributed by atoms with Gasteiger partial charge in [-0.3, -0.25) is 4.79 Å². The van der Waals surface area contributed by atoms with E-state index >= 15 is 0 Å². The van der Waals surface area contributed by atoms with Gasteiger partial charge in [-0.05, 0) is 38.6 Å². The summed E-state index contributed by atoms with van der Waals surface area (Å²) >= 11 is 0. The zero-order chi connectivity index (χ0) is 14.4. The van der Waals surface area contributed by atoms with Gasteiger partial charge in [-0.15, -0.1) is 0 Å². The van der Waals surface area contributed by atoms with Gasteiger partial charge in [0.1, 0.15) is 5.41 Å². The summed E-state index contributed by atoms with van der Waals surface area (Å²) in [6, 6.07) is 2.46. The Hall–Kier alpha value is -1.12. The molecule has 2 aliphatic rings. The number of rotatable bonds is 4. The van der Waals surface area contributed by atoms with Crippen molar-refractivity contribution in [3.05, 3.63) is 0 Å². The number of hydrogen-bond donors (Lipinski definition) is 1. The molecular weight excluding hydrogens is 254 g/mol. The molecule has 2 fully saturated rings. The van der Waals surface area contributed by atoms with Gasteiger partial charge in [0.15, 0.2) is 0 Å². The lowest BCUT2D eigenvalue weighted by Gasteiger charge is -2.35. The number of nitrogens with zero attached hydrogens (tertiary/aromatic N) is 2. The van der Waals surface area contributed by atoms with E-state index in [0.717, 1.165) is 32.5 Å². The number of hydrogen-bond acceptors (Lipinski definition) is 4. The Labute approximate surface area is 121 Å². The summed E-state index contributed by atoms with van der Waals surface area (Å²) in [5.74, 6) is -0.0859. The molecule has 0 spiro atoms. The monoisotopic (exact) mass is 279 g/mol. The van der Waals surface area contributed by atoms with Crippen LogP contribution in [0.25, 0.3) is 0 Å². The van der Waals surface area contributed by atoms with Crippen molar-refractivity contribution >= 4 is 5.91 Å². The van der Waals surface area contributed by atoms with Crippen molar-refractivity contribution in [2.75, 3.05) is 32.8 Å². The Morgan fingerprint density at radius 3 is 2.60 bits per heavy atom. The molecule has 0 aliphatic carbocycles. The number of nitriles is 1. The summed E-state index contributed by atoms with van der Waals surface area (Å²) in [6.07, 6.45) is 4.19. The fraction of sp³-hybridized carbons (Fsp3) is 0.867. The van der Waals surface area contributed by atoms with Crippen LogP contribution < -0.4 is 5.32 Å². The second-order valence-corrected chi connectivity index (χ2v) is 5.90. The highest BCUT2D eigenvalue weighted by Gasteiger charge is 2.41. The molecule has 0 atom stereocenters. The van der Waals surface area contributed by atoms with E-state index in [1.165, 1.54) is 6.42 Å². The number of nitrogens with one attached hydrogen (secondary N) is 1. The summed E-state index contributed by atoms with van der Waals surface area (Å²) < 4.78 is 5.27. The van der Waals surface area contributed by atoms with Crippen LogP contribution in [0, 0.1) is 16.7 Å². The molecule has 0 radical (unpaired) electrons. The molecule has 0 saturated carbocycles. The summed E-state index contributed by atoms with van der Waals surface area (Å²) in [4.78, 5) is 14.9. The first-order valence-corrected chi connectivity index (χ1v) is 7.72. The van der Waals surface area contributed by atoms with Crippen LogP contribution in [0.15, 0.2) is 0 Å². The van der Waals surface area contributed by atoms with Gasteiger partial charge >= 0.3 is 0 Å². The highest BCUT2D eigenvalue weighted by atomic mass is 16.5. The minimum Gasteiger partial charge on any atom is -0.381 e. The maximum Gasteiger partial charge on any atom is 0.240 e. The summed E-state index contributed by atoms with van der Waals surface area (Å²) in [5.41, 5.74) is -0.862. The molecule has 5 heteroatoms. The lowest BCUT2D eigenvalue weighted by molar-refractivity contribution is -0.133. The molecular formula is C15H25N3O2. The molecule has 1 N–H and O–H groups in total. The molecule has 112 valence electrons. The number of likely N-dealkylation sites (tertiary alicyclic amines) is 1. The van der Waals surface area contributed by atoms with Gasteiger partial charge in [0.2, 0.25) is 5.91 Å². The first-order valence-electron chi connectivity index (χ1n) is 7.72. The van der Waals surface area contributed by atoms with E-state index in [0.29, 0.717) is 26.1 Å². The van der Waals surface area contributed by atoms with E-state index in [9.17, 15) is 10.1 Å². The van der Waals surface area contributed by atoms with Gasteiger partial charge in [-0.2, -0.15) is 5.26 Å². The molecule has 0 unspecified atom stereocenters.